The van der Waals surface area contributed by atoms with Crippen molar-refractivity contribution in [2.45, 2.75) is 29.8 Å². The largest absolute Gasteiger partial charge is 0.468 e. The van der Waals surface area contributed by atoms with Gasteiger partial charge in [0.25, 0.3) is 0 Å². The molecule has 0 radical (unpaired) electrons. The molecule has 0 bridgehead atoms. The summed E-state index contributed by atoms with van der Waals surface area (Å²) in [5.41, 5.74) is 2.06. The Bertz CT molecular complexity index is 1420. The normalized spacial score (nSPS) is 21.6. The van der Waals surface area contributed by atoms with Crippen molar-refractivity contribution >= 4 is 17.6 Å². The van der Waals surface area contributed by atoms with Crippen LogP contribution in [0.5, 0.6) is 0 Å². The number of carbonyl (C=O) groups excluding carboxylic acids is 2. The molecule has 4 aromatic carbocycles. The fraction of sp³-hybridized carbons (Fsp3) is 0.212. The van der Waals surface area contributed by atoms with Crippen LogP contribution in [0.3, 0.4) is 0 Å². The molecule has 7 heteroatoms. The average Bonchev–Trinajstić information content (AvgIpc) is 3.47. The lowest BCUT2D eigenvalue weighted by Crippen LogP contribution is -2.60. The van der Waals surface area contributed by atoms with Crippen LogP contribution in [0.1, 0.15) is 28.7 Å². The van der Waals surface area contributed by atoms with E-state index in [4.69, 9.17) is 4.74 Å². The van der Waals surface area contributed by atoms with Crippen LogP contribution in [0.25, 0.3) is 0 Å². The van der Waals surface area contributed by atoms with Gasteiger partial charge >= 0.3 is 5.97 Å². The number of rotatable bonds is 7. The first kappa shape index (κ1) is 25.8. The minimum Gasteiger partial charge on any atom is -0.468 e. The van der Waals surface area contributed by atoms with Gasteiger partial charge in [-0.1, -0.05) is 109 Å². The van der Waals surface area contributed by atoms with Crippen molar-refractivity contribution in [1.29, 1.82) is 0 Å². The summed E-state index contributed by atoms with van der Waals surface area (Å²) < 4.78 is 4.78. The number of carbonyl (C=O) groups is 2. The first-order chi connectivity index (χ1) is 19.5. The maximum atomic E-state index is 14.0. The molecule has 0 spiro atoms. The zero-order chi connectivity index (χ0) is 27.7. The first-order valence-corrected chi connectivity index (χ1v) is 13.4. The zero-order valence-corrected chi connectivity index (χ0v) is 22.2. The van der Waals surface area contributed by atoms with Gasteiger partial charge in [-0.2, -0.15) is 0 Å². The topological polar surface area (TPSA) is 90.9 Å². The Kier molecular flexibility index (Phi) is 6.62. The van der Waals surface area contributed by atoms with E-state index in [1.807, 2.05) is 78.9 Å². The van der Waals surface area contributed by atoms with Crippen molar-refractivity contribution in [3.05, 3.63) is 138 Å². The van der Waals surface area contributed by atoms with Crippen molar-refractivity contribution in [3.63, 3.8) is 0 Å². The molecule has 0 aromatic heterocycles. The van der Waals surface area contributed by atoms with Gasteiger partial charge in [0.15, 0.2) is 0 Å². The molecule has 40 heavy (non-hydrogen) atoms. The van der Waals surface area contributed by atoms with E-state index >= 15 is 0 Å². The minimum atomic E-state index is -1.37. The number of hydrogen-bond acceptors (Lipinski definition) is 6. The highest BCUT2D eigenvalue weighted by Crippen LogP contribution is 2.56. The second-order valence-corrected chi connectivity index (χ2v) is 10.2. The monoisotopic (exact) mass is 533 g/mol. The van der Waals surface area contributed by atoms with E-state index < -0.39 is 29.3 Å². The van der Waals surface area contributed by atoms with Gasteiger partial charge in [-0.3, -0.25) is 14.5 Å². The van der Waals surface area contributed by atoms with Gasteiger partial charge in [-0.25, -0.2) is 0 Å². The van der Waals surface area contributed by atoms with Gasteiger partial charge in [0.1, 0.15) is 18.3 Å². The quantitative estimate of drug-likeness (QED) is 0.246. The molecule has 3 atom stereocenters. The van der Waals surface area contributed by atoms with E-state index in [-0.39, 0.29) is 18.9 Å². The minimum absolute atomic E-state index is 0.128. The first-order valence-electron chi connectivity index (χ1n) is 13.4. The molecule has 7 nitrogen and oxygen atoms in total. The van der Waals surface area contributed by atoms with Crippen LogP contribution in [-0.4, -0.2) is 47.7 Å². The lowest BCUT2D eigenvalue weighted by atomic mass is 9.74. The Morgan fingerprint density at radius 1 is 0.875 bits per heavy atom. The molecule has 2 heterocycles. The molecule has 1 saturated heterocycles. The highest BCUT2D eigenvalue weighted by Gasteiger charge is 2.64. The number of nitrogens with zero attached hydrogens (tertiary/aromatic N) is 1. The van der Waals surface area contributed by atoms with E-state index in [1.165, 1.54) is 7.11 Å². The molecule has 6 rings (SSSR count). The molecular weight excluding hydrogens is 502 g/mol. The number of nitrogens with one attached hydrogen (secondary N) is 2. The van der Waals surface area contributed by atoms with Crippen molar-refractivity contribution in [2.75, 3.05) is 19.0 Å². The van der Waals surface area contributed by atoms with Gasteiger partial charge in [-0.05, 0) is 22.8 Å². The average molecular weight is 534 g/mol. The van der Waals surface area contributed by atoms with Crippen molar-refractivity contribution in [1.82, 2.24) is 10.2 Å². The molecular formula is C33H31N3O4. The third kappa shape index (κ3) is 3.97. The van der Waals surface area contributed by atoms with Crippen LogP contribution in [0, 0.1) is 0 Å². The predicted molar refractivity (Wildman–Crippen MR) is 152 cm³/mol. The number of ether oxygens (including phenoxy) is 1. The summed E-state index contributed by atoms with van der Waals surface area (Å²) in [6, 6.07) is 37.1. The number of fused-ring (bicyclic) bond motifs is 3. The molecule has 3 N–H and O–H groups in total. The highest BCUT2D eigenvalue weighted by atomic mass is 16.5. The second-order valence-electron chi connectivity index (χ2n) is 10.2. The van der Waals surface area contributed by atoms with Crippen LogP contribution in [0.15, 0.2) is 115 Å². The number of esters is 1. The lowest BCUT2D eigenvalue weighted by Gasteiger charge is -2.48. The van der Waals surface area contributed by atoms with Gasteiger partial charge < -0.3 is 20.5 Å². The summed E-state index contributed by atoms with van der Waals surface area (Å²) in [5, 5.41) is 18.8. The Balaban J connectivity index is 1.63. The number of likely N-dealkylation sites (tertiary alicyclic amines) is 1. The number of benzene rings is 4. The number of methoxy groups -OCH3 is 1. The van der Waals surface area contributed by atoms with Crippen LogP contribution in [0.2, 0.25) is 0 Å². The van der Waals surface area contributed by atoms with Crippen LogP contribution >= 0.6 is 0 Å². The molecule has 0 aliphatic carbocycles. The summed E-state index contributed by atoms with van der Waals surface area (Å²) in [4.78, 5) is 28.1. The number of hydrogen-bond donors (Lipinski definition) is 3. The maximum absolute atomic E-state index is 14.0. The number of aliphatic hydroxyl groups is 1. The van der Waals surface area contributed by atoms with Crippen molar-refractivity contribution in [3.8, 4) is 0 Å². The van der Waals surface area contributed by atoms with Crippen LogP contribution in [0.4, 0.5) is 5.69 Å². The fourth-order valence-corrected chi connectivity index (χ4v) is 6.48. The number of anilines is 1. The molecule has 1 fully saturated rings. The SMILES string of the molecule is COC(=O)CNC(=O)[C@@H]1C[C@@]2(O)c3ccccc3N[C@H]2N1C(c1ccccc1)(c1ccccc1)c1ccccc1. The highest BCUT2D eigenvalue weighted by molar-refractivity contribution is 5.87. The predicted octanol–water partition coefficient (Wildman–Crippen LogP) is 3.98. The smallest absolute Gasteiger partial charge is 0.325 e. The zero-order valence-electron chi connectivity index (χ0n) is 22.2. The Hall–Kier alpha value is -4.46. The Morgan fingerprint density at radius 3 is 1.90 bits per heavy atom. The number of para-hydroxylation sites is 1. The van der Waals surface area contributed by atoms with Crippen molar-refractivity contribution in [2.24, 2.45) is 0 Å². The summed E-state index contributed by atoms with van der Waals surface area (Å²) >= 11 is 0. The Morgan fingerprint density at radius 2 is 1.38 bits per heavy atom. The van der Waals surface area contributed by atoms with Crippen molar-refractivity contribution < 1.29 is 19.4 Å². The molecule has 0 unspecified atom stereocenters. The molecule has 2 aliphatic rings. The molecule has 1 amide bonds. The summed E-state index contributed by atoms with van der Waals surface area (Å²) in [5.74, 6) is -0.902. The number of amides is 1. The van der Waals surface area contributed by atoms with Gasteiger partial charge in [0.05, 0.1) is 18.7 Å². The third-order valence-corrected chi connectivity index (χ3v) is 8.16. The molecule has 4 aromatic rings. The maximum Gasteiger partial charge on any atom is 0.325 e. The summed E-state index contributed by atoms with van der Waals surface area (Å²) in [6.45, 7) is -0.262. The van der Waals surface area contributed by atoms with Crippen LogP contribution < -0.4 is 10.6 Å². The lowest BCUT2D eigenvalue weighted by molar-refractivity contribution is -0.142. The van der Waals surface area contributed by atoms with Gasteiger partial charge in [0, 0.05) is 17.7 Å². The van der Waals surface area contributed by atoms with Gasteiger partial charge in [-0.15, -0.1) is 0 Å². The molecule has 2 aliphatic heterocycles. The standard InChI is InChI=1S/C33H31N3O4/c1-40-29(37)22-34-30(38)28-21-32(39)26-19-11-12-20-27(26)35-31(32)36(28)33(23-13-5-2-6-14-23,24-15-7-3-8-16-24)25-17-9-4-10-18-25/h2-20,28,31,35,39H,21-22H2,1H3,(H,34,38)/t28-,31-,32+/m0/s1. The van der Waals surface area contributed by atoms with E-state index in [0.717, 1.165) is 27.9 Å². The van der Waals surface area contributed by atoms with E-state index in [1.54, 1.807) is 0 Å². The van der Waals surface area contributed by atoms with Crippen LogP contribution in [-0.2, 0) is 25.5 Å². The second kappa shape index (κ2) is 10.3. The molecule has 202 valence electrons. The third-order valence-electron chi connectivity index (χ3n) is 8.16. The van der Waals surface area contributed by atoms with E-state index in [0.29, 0.717) is 0 Å². The fourth-order valence-electron chi connectivity index (χ4n) is 6.48. The molecule has 0 saturated carbocycles. The van der Waals surface area contributed by atoms with E-state index in [2.05, 4.69) is 51.9 Å². The summed E-state index contributed by atoms with van der Waals surface area (Å²) in [6.07, 6.45) is -0.525. The van der Waals surface area contributed by atoms with Gasteiger partial charge in [0.2, 0.25) is 5.91 Å². The summed E-state index contributed by atoms with van der Waals surface area (Å²) in [7, 11) is 1.29. The van der Waals surface area contributed by atoms with E-state index in [9.17, 15) is 14.7 Å². The Labute approximate surface area is 233 Å².